The zero-order valence-electron chi connectivity index (χ0n) is 9.81. The molecule has 2 rings (SSSR count). The van der Waals surface area contributed by atoms with Gasteiger partial charge in [0.15, 0.2) is 0 Å². The van der Waals surface area contributed by atoms with Crippen LogP contribution in [0.1, 0.15) is 12.2 Å². The second kappa shape index (κ2) is 5.50. The van der Waals surface area contributed by atoms with Crippen molar-refractivity contribution in [3.8, 4) is 17.0 Å². The molecule has 0 fully saturated rings. The van der Waals surface area contributed by atoms with Crippen LogP contribution in [-0.4, -0.2) is 28.8 Å². The number of rotatable bonds is 5. The molecule has 0 saturated heterocycles. The number of H-pyrrole nitrogens is 1. The number of aromatic amines is 1. The third kappa shape index (κ3) is 2.85. The summed E-state index contributed by atoms with van der Waals surface area (Å²) in [6, 6.07) is 7.82. The van der Waals surface area contributed by atoms with E-state index in [1.807, 2.05) is 30.5 Å². The van der Waals surface area contributed by atoms with Crippen LogP contribution in [0.5, 0.6) is 5.75 Å². The van der Waals surface area contributed by atoms with E-state index in [-0.39, 0.29) is 6.61 Å². The van der Waals surface area contributed by atoms with Gasteiger partial charge in [-0.1, -0.05) is 0 Å². The Kier molecular flexibility index (Phi) is 3.77. The number of nitrogens with zero attached hydrogens (tertiary/aromatic N) is 1. The molecule has 2 aromatic rings. The zero-order chi connectivity index (χ0) is 12.1. The Morgan fingerprint density at radius 3 is 2.71 bits per heavy atom. The number of aryl methyl sites for hydroxylation is 1. The topological polar surface area (TPSA) is 58.1 Å². The molecule has 2 N–H and O–H groups in total. The summed E-state index contributed by atoms with van der Waals surface area (Å²) in [6.45, 7) is 0.193. The fourth-order valence-corrected chi connectivity index (χ4v) is 1.65. The maximum absolute atomic E-state index is 8.75. The van der Waals surface area contributed by atoms with Crippen molar-refractivity contribution in [2.24, 2.45) is 0 Å². The van der Waals surface area contributed by atoms with E-state index >= 15 is 0 Å². The van der Waals surface area contributed by atoms with Crippen LogP contribution in [0.3, 0.4) is 0 Å². The number of aromatic nitrogens is 2. The van der Waals surface area contributed by atoms with Crippen LogP contribution in [-0.2, 0) is 6.42 Å². The summed E-state index contributed by atoms with van der Waals surface area (Å²) in [4.78, 5) is 7.51. The number of methoxy groups -OCH3 is 1. The summed E-state index contributed by atoms with van der Waals surface area (Å²) >= 11 is 0. The summed E-state index contributed by atoms with van der Waals surface area (Å²) in [5.41, 5.74) is 2.06. The molecule has 0 aliphatic carbocycles. The molecule has 0 aliphatic rings. The number of hydrogen-bond acceptors (Lipinski definition) is 3. The van der Waals surface area contributed by atoms with Crippen molar-refractivity contribution in [3.63, 3.8) is 0 Å². The highest BCUT2D eigenvalue weighted by molar-refractivity contribution is 5.59. The lowest BCUT2D eigenvalue weighted by molar-refractivity contribution is 0.287. The number of nitrogens with one attached hydrogen (secondary N) is 1. The molecular weight excluding hydrogens is 216 g/mol. The minimum atomic E-state index is 0.193. The van der Waals surface area contributed by atoms with Crippen LogP contribution in [0.4, 0.5) is 0 Å². The van der Waals surface area contributed by atoms with Gasteiger partial charge in [0.05, 0.1) is 19.0 Å². The van der Waals surface area contributed by atoms with E-state index in [9.17, 15) is 0 Å². The van der Waals surface area contributed by atoms with Crippen molar-refractivity contribution in [1.29, 1.82) is 0 Å². The Bertz CT molecular complexity index is 463. The summed E-state index contributed by atoms with van der Waals surface area (Å²) in [7, 11) is 1.65. The Labute approximate surface area is 100 Å². The van der Waals surface area contributed by atoms with Crippen molar-refractivity contribution in [2.45, 2.75) is 12.8 Å². The molecule has 90 valence electrons. The van der Waals surface area contributed by atoms with Crippen molar-refractivity contribution < 1.29 is 9.84 Å². The Morgan fingerprint density at radius 1 is 1.29 bits per heavy atom. The van der Waals surface area contributed by atoms with Crippen molar-refractivity contribution in [3.05, 3.63) is 36.3 Å². The highest BCUT2D eigenvalue weighted by atomic mass is 16.5. The monoisotopic (exact) mass is 232 g/mol. The Hall–Kier alpha value is -1.81. The third-order valence-electron chi connectivity index (χ3n) is 2.60. The molecule has 1 heterocycles. The third-order valence-corrected chi connectivity index (χ3v) is 2.60. The van der Waals surface area contributed by atoms with Crippen molar-refractivity contribution >= 4 is 0 Å². The maximum Gasteiger partial charge on any atom is 0.118 e. The van der Waals surface area contributed by atoms with E-state index in [2.05, 4.69) is 9.97 Å². The number of ether oxygens (including phenoxy) is 1. The number of aliphatic hydroxyl groups is 1. The Balaban J connectivity index is 2.12. The van der Waals surface area contributed by atoms with Crippen LogP contribution in [0, 0.1) is 0 Å². The highest BCUT2D eigenvalue weighted by Crippen LogP contribution is 2.20. The van der Waals surface area contributed by atoms with Gasteiger partial charge >= 0.3 is 0 Å². The van der Waals surface area contributed by atoms with Crippen LogP contribution >= 0.6 is 0 Å². The lowest BCUT2D eigenvalue weighted by atomic mass is 10.2. The van der Waals surface area contributed by atoms with Gasteiger partial charge in [0.1, 0.15) is 11.6 Å². The molecule has 0 amide bonds. The second-order valence-electron chi connectivity index (χ2n) is 3.80. The van der Waals surface area contributed by atoms with Gasteiger partial charge in [0.25, 0.3) is 0 Å². The molecule has 0 atom stereocenters. The molecule has 4 heteroatoms. The van der Waals surface area contributed by atoms with Gasteiger partial charge in [-0.05, 0) is 36.2 Å². The van der Waals surface area contributed by atoms with Gasteiger partial charge in [-0.2, -0.15) is 0 Å². The van der Waals surface area contributed by atoms with E-state index in [0.29, 0.717) is 0 Å². The first-order valence-electron chi connectivity index (χ1n) is 5.62. The van der Waals surface area contributed by atoms with Crippen molar-refractivity contribution in [1.82, 2.24) is 9.97 Å². The average Bonchev–Trinajstić information content (AvgIpc) is 2.85. The molecule has 0 bridgehead atoms. The van der Waals surface area contributed by atoms with Gasteiger partial charge in [-0.15, -0.1) is 0 Å². The number of aliphatic hydroxyl groups excluding tert-OH is 1. The minimum absolute atomic E-state index is 0.193. The number of benzene rings is 1. The molecule has 0 spiro atoms. The second-order valence-corrected chi connectivity index (χ2v) is 3.80. The fourth-order valence-electron chi connectivity index (χ4n) is 1.65. The predicted octanol–water partition coefficient (Wildman–Crippen LogP) is 2.01. The van der Waals surface area contributed by atoms with Crippen LogP contribution in [0.15, 0.2) is 30.5 Å². The van der Waals surface area contributed by atoms with Crippen LogP contribution < -0.4 is 4.74 Å². The van der Waals surface area contributed by atoms with Gasteiger partial charge in [0, 0.05) is 13.0 Å². The first-order valence-corrected chi connectivity index (χ1v) is 5.62. The maximum atomic E-state index is 8.75. The molecule has 17 heavy (non-hydrogen) atoms. The fraction of sp³-hybridized carbons (Fsp3) is 0.308. The lowest BCUT2D eigenvalue weighted by Crippen LogP contribution is -1.91. The van der Waals surface area contributed by atoms with Gasteiger partial charge < -0.3 is 14.8 Å². The number of imidazole rings is 1. The van der Waals surface area contributed by atoms with Gasteiger partial charge in [0.2, 0.25) is 0 Å². The van der Waals surface area contributed by atoms with Crippen LogP contribution in [0.2, 0.25) is 0 Å². The first-order chi connectivity index (χ1) is 8.33. The zero-order valence-corrected chi connectivity index (χ0v) is 9.81. The Morgan fingerprint density at radius 2 is 2.06 bits per heavy atom. The van der Waals surface area contributed by atoms with E-state index < -0.39 is 0 Å². The van der Waals surface area contributed by atoms with E-state index in [4.69, 9.17) is 9.84 Å². The first kappa shape index (κ1) is 11.7. The van der Waals surface area contributed by atoms with Crippen LogP contribution in [0.25, 0.3) is 11.3 Å². The molecule has 0 unspecified atom stereocenters. The molecule has 1 aromatic carbocycles. The SMILES string of the molecule is COc1ccc(-c2cnc(CCCO)[nH]2)cc1. The van der Waals surface area contributed by atoms with E-state index in [1.54, 1.807) is 7.11 Å². The highest BCUT2D eigenvalue weighted by Gasteiger charge is 2.03. The molecule has 0 aliphatic heterocycles. The van der Waals surface area contributed by atoms with Gasteiger partial charge in [-0.25, -0.2) is 4.98 Å². The molecule has 0 radical (unpaired) electrons. The molecular formula is C13H16N2O2. The quantitative estimate of drug-likeness (QED) is 0.829. The average molecular weight is 232 g/mol. The number of hydrogen-bond donors (Lipinski definition) is 2. The summed E-state index contributed by atoms with van der Waals surface area (Å²) < 4.78 is 5.11. The van der Waals surface area contributed by atoms with Crippen molar-refractivity contribution in [2.75, 3.05) is 13.7 Å². The van der Waals surface area contributed by atoms with Gasteiger partial charge in [-0.3, -0.25) is 0 Å². The minimum Gasteiger partial charge on any atom is -0.497 e. The summed E-state index contributed by atoms with van der Waals surface area (Å²) in [5.74, 6) is 1.75. The molecule has 4 nitrogen and oxygen atoms in total. The van der Waals surface area contributed by atoms with E-state index in [1.165, 1.54) is 0 Å². The lowest BCUT2D eigenvalue weighted by Gasteiger charge is -2.01. The largest absolute Gasteiger partial charge is 0.497 e. The standard InChI is InChI=1S/C13H16N2O2/c1-17-11-6-4-10(5-7-11)12-9-14-13(15-12)3-2-8-16/h4-7,9,16H,2-3,8H2,1H3,(H,14,15). The summed E-state index contributed by atoms with van der Waals surface area (Å²) in [5, 5.41) is 8.75. The molecule has 1 aromatic heterocycles. The molecule has 0 saturated carbocycles. The smallest absolute Gasteiger partial charge is 0.118 e. The predicted molar refractivity (Wildman–Crippen MR) is 66.0 cm³/mol. The normalized spacial score (nSPS) is 10.5. The summed E-state index contributed by atoms with van der Waals surface area (Å²) in [6.07, 6.45) is 3.32. The van der Waals surface area contributed by atoms with E-state index in [0.717, 1.165) is 35.7 Å².